The van der Waals surface area contributed by atoms with Gasteiger partial charge in [-0.15, -0.1) is 11.3 Å². The van der Waals surface area contributed by atoms with Crippen molar-refractivity contribution in [2.45, 2.75) is 25.3 Å². The average Bonchev–Trinajstić information content (AvgIpc) is 3.38. The van der Waals surface area contributed by atoms with Crippen molar-refractivity contribution in [3.8, 4) is 0 Å². The number of aromatic nitrogens is 1. The smallest absolute Gasteiger partial charge is 0.292 e. The molecular formula is C18H21N3O4S. The molecule has 0 aromatic carbocycles. The van der Waals surface area contributed by atoms with E-state index in [0.29, 0.717) is 26.3 Å². The first-order valence-electron chi connectivity index (χ1n) is 8.92. The summed E-state index contributed by atoms with van der Waals surface area (Å²) in [6.07, 6.45) is 4.18. The SMILES string of the molecule is O=C(c1ccc(C2CCCN2C(=O)c2ccno2)s1)N1CCCOCC1. The lowest BCUT2D eigenvalue weighted by atomic mass is 10.2. The van der Waals surface area contributed by atoms with E-state index in [9.17, 15) is 9.59 Å². The third-order valence-electron chi connectivity index (χ3n) is 4.84. The molecule has 0 N–H and O–H groups in total. The monoisotopic (exact) mass is 375 g/mol. The maximum Gasteiger partial charge on any atom is 0.292 e. The van der Waals surface area contributed by atoms with Gasteiger partial charge in [0.05, 0.1) is 23.7 Å². The van der Waals surface area contributed by atoms with Crippen LogP contribution in [0.5, 0.6) is 0 Å². The second-order valence-electron chi connectivity index (χ2n) is 6.49. The highest BCUT2D eigenvalue weighted by Gasteiger charge is 2.33. The molecule has 26 heavy (non-hydrogen) atoms. The van der Waals surface area contributed by atoms with Crippen LogP contribution in [-0.4, -0.2) is 59.6 Å². The van der Waals surface area contributed by atoms with Crippen LogP contribution in [0.4, 0.5) is 0 Å². The fourth-order valence-corrected chi connectivity index (χ4v) is 4.65. The molecule has 2 aromatic rings. The number of carbonyl (C=O) groups excluding carboxylic acids is 2. The van der Waals surface area contributed by atoms with Crippen LogP contribution in [0.2, 0.25) is 0 Å². The molecule has 0 aliphatic carbocycles. The minimum Gasteiger partial charge on any atom is -0.380 e. The standard InChI is InChI=1S/C18H21N3O4S/c22-17(14-6-7-19-25-14)21-9-1-3-13(21)15-4-5-16(26-15)18(23)20-8-2-11-24-12-10-20/h4-7,13H,1-3,8-12H2. The number of rotatable bonds is 3. The number of nitrogens with zero attached hydrogens (tertiary/aromatic N) is 3. The Morgan fingerprint density at radius 2 is 2.00 bits per heavy atom. The molecule has 2 fully saturated rings. The van der Waals surface area contributed by atoms with E-state index >= 15 is 0 Å². The number of ether oxygens (including phenoxy) is 1. The van der Waals surface area contributed by atoms with Gasteiger partial charge in [-0.25, -0.2) is 0 Å². The van der Waals surface area contributed by atoms with Gasteiger partial charge in [0.2, 0.25) is 5.76 Å². The van der Waals surface area contributed by atoms with Crippen LogP contribution in [0, 0.1) is 0 Å². The van der Waals surface area contributed by atoms with Gasteiger partial charge in [0.25, 0.3) is 11.8 Å². The van der Waals surface area contributed by atoms with E-state index in [1.807, 2.05) is 21.9 Å². The van der Waals surface area contributed by atoms with Crippen LogP contribution >= 0.6 is 11.3 Å². The summed E-state index contributed by atoms with van der Waals surface area (Å²) in [4.78, 5) is 30.8. The van der Waals surface area contributed by atoms with E-state index < -0.39 is 0 Å². The minimum absolute atomic E-state index is 0.00776. The Bertz CT molecular complexity index is 765. The van der Waals surface area contributed by atoms with Crippen molar-refractivity contribution in [1.29, 1.82) is 0 Å². The summed E-state index contributed by atoms with van der Waals surface area (Å²) in [6.45, 7) is 3.35. The Balaban J connectivity index is 1.49. The maximum atomic E-state index is 12.8. The van der Waals surface area contributed by atoms with Crippen molar-refractivity contribution in [2.75, 3.05) is 32.8 Å². The van der Waals surface area contributed by atoms with Gasteiger partial charge < -0.3 is 19.1 Å². The zero-order valence-electron chi connectivity index (χ0n) is 14.4. The van der Waals surface area contributed by atoms with Crippen molar-refractivity contribution >= 4 is 23.2 Å². The van der Waals surface area contributed by atoms with Crippen LogP contribution < -0.4 is 0 Å². The van der Waals surface area contributed by atoms with Gasteiger partial charge >= 0.3 is 0 Å². The Labute approximate surface area is 155 Å². The molecule has 2 amide bonds. The van der Waals surface area contributed by atoms with Crippen molar-refractivity contribution in [3.05, 3.63) is 39.9 Å². The molecule has 2 aromatic heterocycles. The van der Waals surface area contributed by atoms with Crippen LogP contribution in [0.15, 0.2) is 28.9 Å². The molecule has 2 aliphatic rings. The summed E-state index contributed by atoms with van der Waals surface area (Å²) in [5, 5.41) is 3.62. The lowest BCUT2D eigenvalue weighted by Crippen LogP contribution is -2.32. The first kappa shape index (κ1) is 17.2. The Hall–Kier alpha value is -2.19. The predicted molar refractivity (Wildman–Crippen MR) is 95.2 cm³/mol. The fraction of sp³-hybridized carbons (Fsp3) is 0.500. The van der Waals surface area contributed by atoms with Crippen molar-refractivity contribution < 1.29 is 18.8 Å². The normalized spacial score (nSPS) is 21.0. The zero-order chi connectivity index (χ0) is 17.9. The van der Waals surface area contributed by atoms with Crippen molar-refractivity contribution in [1.82, 2.24) is 15.0 Å². The second-order valence-corrected chi connectivity index (χ2v) is 7.61. The van der Waals surface area contributed by atoms with Crippen molar-refractivity contribution in [2.24, 2.45) is 0 Å². The van der Waals surface area contributed by atoms with Crippen molar-refractivity contribution in [3.63, 3.8) is 0 Å². The largest absolute Gasteiger partial charge is 0.380 e. The topological polar surface area (TPSA) is 75.9 Å². The highest BCUT2D eigenvalue weighted by atomic mass is 32.1. The zero-order valence-corrected chi connectivity index (χ0v) is 15.2. The lowest BCUT2D eigenvalue weighted by molar-refractivity contribution is 0.0695. The first-order chi connectivity index (χ1) is 12.7. The van der Waals surface area contributed by atoms with Gasteiger partial charge in [0.1, 0.15) is 0 Å². The molecule has 138 valence electrons. The molecule has 2 saturated heterocycles. The van der Waals surface area contributed by atoms with E-state index in [2.05, 4.69) is 5.16 Å². The third-order valence-corrected chi connectivity index (χ3v) is 6.01. The molecule has 1 unspecified atom stereocenters. The van der Waals surface area contributed by atoms with Crippen LogP contribution in [0.3, 0.4) is 0 Å². The molecule has 4 rings (SSSR count). The van der Waals surface area contributed by atoms with Crippen LogP contribution in [-0.2, 0) is 4.74 Å². The van der Waals surface area contributed by atoms with Gasteiger partial charge in [-0.1, -0.05) is 5.16 Å². The van der Waals surface area contributed by atoms with E-state index in [-0.39, 0.29) is 23.6 Å². The maximum absolute atomic E-state index is 12.8. The number of likely N-dealkylation sites (tertiary alicyclic amines) is 1. The number of hydrogen-bond donors (Lipinski definition) is 0. The summed E-state index contributed by atoms with van der Waals surface area (Å²) < 4.78 is 10.4. The van der Waals surface area contributed by atoms with Gasteiger partial charge in [-0.2, -0.15) is 0 Å². The van der Waals surface area contributed by atoms with E-state index in [0.717, 1.165) is 35.6 Å². The summed E-state index contributed by atoms with van der Waals surface area (Å²) in [7, 11) is 0. The highest BCUT2D eigenvalue weighted by Crippen LogP contribution is 2.37. The number of thiophene rings is 1. The second kappa shape index (κ2) is 7.59. The van der Waals surface area contributed by atoms with E-state index in [1.54, 1.807) is 6.07 Å². The summed E-state index contributed by atoms with van der Waals surface area (Å²) in [5.41, 5.74) is 0. The van der Waals surface area contributed by atoms with E-state index in [1.165, 1.54) is 17.5 Å². The minimum atomic E-state index is -0.143. The Morgan fingerprint density at radius 3 is 2.85 bits per heavy atom. The summed E-state index contributed by atoms with van der Waals surface area (Å²) in [5.74, 6) is 0.170. The molecule has 8 heteroatoms. The molecule has 2 aliphatic heterocycles. The number of amides is 2. The lowest BCUT2D eigenvalue weighted by Gasteiger charge is -2.22. The molecule has 0 saturated carbocycles. The first-order valence-corrected chi connectivity index (χ1v) is 9.74. The Morgan fingerprint density at radius 1 is 1.08 bits per heavy atom. The molecular weight excluding hydrogens is 354 g/mol. The number of carbonyl (C=O) groups is 2. The van der Waals surface area contributed by atoms with Gasteiger partial charge in [0.15, 0.2) is 0 Å². The molecule has 0 bridgehead atoms. The average molecular weight is 375 g/mol. The summed E-state index contributed by atoms with van der Waals surface area (Å²) >= 11 is 1.48. The van der Waals surface area contributed by atoms with E-state index in [4.69, 9.17) is 9.26 Å². The van der Waals surface area contributed by atoms with Gasteiger partial charge in [0, 0.05) is 37.2 Å². The van der Waals surface area contributed by atoms with Crippen LogP contribution in [0.1, 0.15) is 50.4 Å². The molecule has 0 radical (unpaired) electrons. The quantitative estimate of drug-likeness (QED) is 0.824. The van der Waals surface area contributed by atoms with Gasteiger partial charge in [-0.3, -0.25) is 9.59 Å². The predicted octanol–water partition coefficient (Wildman–Crippen LogP) is 2.58. The molecule has 4 heterocycles. The fourth-order valence-electron chi connectivity index (χ4n) is 3.53. The third kappa shape index (κ3) is 3.39. The molecule has 0 spiro atoms. The van der Waals surface area contributed by atoms with Crippen LogP contribution in [0.25, 0.3) is 0 Å². The summed E-state index contributed by atoms with van der Waals surface area (Å²) in [6, 6.07) is 5.43. The van der Waals surface area contributed by atoms with Gasteiger partial charge in [-0.05, 0) is 31.4 Å². The highest BCUT2D eigenvalue weighted by molar-refractivity contribution is 7.14. The molecule has 7 nitrogen and oxygen atoms in total. The number of hydrogen-bond acceptors (Lipinski definition) is 6. The molecule has 1 atom stereocenters. The Kier molecular flexibility index (Phi) is 5.03.